The van der Waals surface area contributed by atoms with Crippen molar-refractivity contribution in [1.29, 1.82) is 0 Å². The largest absolute Gasteiger partial charge is 0.449 e. The molecule has 17 heteroatoms. The van der Waals surface area contributed by atoms with Crippen molar-refractivity contribution >= 4 is 60.4 Å². The molecule has 3 amide bonds. The van der Waals surface area contributed by atoms with Crippen molar-refractivity contribution in [1.82, 2.24) is 14.0 Å². The van der Waals surface area contributed by atoms with Crippen LogP contribution < -0.4 is 20.5 Å². The highest BCUT2D eigenvalue weighted by Gasteiger charge is 2.21. The van der Waals surface area contributed by atoms with Gasteiger partial charge in [0.2, 0.25) is 5.91 Å². The van der Waals surface area contributed by atoms with Crippen molar-refractivity contribution in [2.45, 2.75) is 36.6 Å². The standard InChI is InChI=1S/C20H20FN3O5S.C9H12N2O4S/c1-3-29-20(26)23-30(27,28)15-9-7-14(8-10-15)22-19(25)13(2)24-12-11-16-17(21)5-4-6-18(16)24;1-2-15-9(12)11-16(13,14)8-5-3-7(10)4-6-8/h4-13H,3H2,1-2H3,(H,22,25)(H,23,26);3-6H,2,10H2,1H3,(H,11,12)/t13-;/m1./s1. The van der Waals surface area contributed by atoms with Gasteiger partial charge >= 0.3 is 12.2 Å². The fourth-order valence-corrected chi connectivity index (χ4v) is 5.67. The first-order valence-electron chi connectivity index (χ1n) is 13.6. The number of carbonyl (C=O) groups excluding carboxylic acids is 3. The molecule has 0 unspecified atom stereocenters. The molecule has 46 heavy (non-hydrogen) atoms. The highest BCUT2D eigenvalue weighted by atomic mass is 32.2. The number of nitrogens with one attached hydrogen (secondary N) is 3. The Labute approximate surface area is 264 Å². The third-order valence-electron chi connectivity index (χ3n) is 6.12. The van der Waals surface area contributed by atoms with Gasteiger partial charge in [-0.15, -0.1) is 0 Å². The highest BCUT2D eigenvalue weighted by Crippen LogP contribution is 2.24. The fourth-order valence-electron chi connectivity index (χ4n) is 3.88. The average Bonchev–Trinajstić information content (AvgIpc) is 3.43. The topological polar surface area (TPSA) is 205 Å². The number of rotatable bonds is 9. The lowest BCUT2D eigenvalue weighted by Crippen LogP contribution is -2.31. The van der Waals surface area contributed by atoms with E-state index in [0.717, 1.165) is 0 Å². The number of hydrogen-bond donors (Lipinski definition) is 4. The maximum atomic E-state index is 13.9. The molecule has 3 aromatic carbocycles. The molecule has 1 aromatic heterocycles. The molecule has 0 aliphatic rings. The number of nitrogen functional groups attached to an aromatic ring is 1. The molecule has 1 heterocycles. The van der Waals surface area contributed by atoms with Crippen LogP contribution in [0.15, 0.2) is 88.8 Å². The Morgan fingerprint density at radius 3 is 1.80 bits per heavy atom. The summed E-state index contributed by atoms with van der Waals surface area (Å²) in [7, 11) is -7.96. The van der Waals surface area contributed by atoms with Crippen LogP contribution in [0.2, 0.25) is 0 Å². The number of ether oxygens (including phenoxy) is 2. The van der Waals surface area contributed by atoms with E-state index in [-0.39, 0.29) is 34.7 Å². The van der Waals surface area contributed by atoms with Gasteiger partial charge in [-0.3, -0.25) is 4.79 Å². The van der Waals surface area contributed by atoms with Crippen LogP contribution in [-0.4, -0.2) is 52.7 Å². The molecular formula is C29H32FN5O9S2. The number of benzene rings is 3. The Balaban J connectivity index is 0.000000304. The molecule has 14 nitrogen and oxygen atoms in total. The zero-order valence-corrected chi connectivity index (χ0v) is 26.5. The van der Waals surface area contributed by atoms with E-state index in [0.29, 0.717) is 22.3 Å². The molecule has 1 atom stereocenters. The molecule has 0 spiro atoms. The number of aromatic nitrogens is 1. The first-order valence-corrected chi connectivity index (χ1v) is 16.6. The molecule has 0 aliphatic heterocycles. The molecule has 0 saturated carbocycles. The van der Waals surface area contributed by atoms with E-state index in [1.165, 1.54) is 54.6 Å². The van der Waals surface area contributed by atoms with Crippen LogP contribution in [0, 0.1) is 5.82 Å². The Hall–Kier alpha value is -5.16. The molecule has 4 rings (SSSR count). The molecule has 4 aromatic rings. The van der Waals surface area contributed by atoms with Gasteiger partial charge in [-0.2, -0.15) is 0 Å². The summed E-state index contributed by atoms with van der Waals surface area (Å²) in [5, 5.41) is 3.11. The van der Waals surface area contributed by atoms with Crippen molar-refractivity contribution in [3.63, 3.8) is 0 Å². The minimum atomic E-state index is -4.08. The normalized spacial score (nSPS) is 11.8. The molecule has 0 saturated heterocycles. The first kappa shape index (κ1) is 35.3. The Kier molecular flexibility index (Phi) is 11.7. The minimum absolute atomic E-state index is 0.0355. The quantitative estimate of drug-likeness (QED) is 0.187. The predicted octanol–water partition coefficient (Wildman–Crippen LogP) is 4.12. The molecule has 246 valence electrons. The molecule has 0 bridgehead atoms. The van der Waals surface area contributed by atoms with Gasteiger partial charge in [0, 0.05) is 23.0 Å². The van der Waals surface area contributed by atoms with Gasteiger partial charge in [-0.25, -0.2) is 40.3 Å². The second kappa shape index (κ2) is 15.2. The van der Waals surface area contributed by atoms with Crippen LogP contribution in [0.3, 0.4) is 0 Å². The van der Waals surface area contributed by atoms with E-state index in [9.17, 15) is 35.6 Å². The van der Waals surface area contributed by atoms with Gasteiger partial charge in [0.15, 0.2) is 0 Å². The zero-order chi connectivity index (χ0) is 34.1. The Morgan fingerprint density at radius 2 is 1.30 bits per heavy atom. The van der Waals surface area contributed by atoms with E-state index in [1.54, 1.807) is 59.2 Å². The zero-order valence-electron chi connectivity index (χ0n) is 24.9. The third-order valence-corrected chi connectivity index (χ3v) is 8.77. The van der Waals surface area contributed by atoms with E-state index >= 15 is 0 Å². The molecule has 0 aliphatic carbocycles. The first-order chi connectivity index (χ1) is 21.7. The molecule has 5 N–H and O–H groups in total. The number of nitrogens with zero attached hydrogens (tertiary/aromatic N) is 1. The minimum Gasteiger partial charge on any atom is -0.449 e. The number of hydrogen-bond acceptors (Lipinski definition) is 10. The number of nitrogens with two attached hydrogens (primary N) is 1. The summed E-state index contributed by atoms with van der Waals surface area (Å²) in [6.07, 6.45) is -0.437. The lowest BCUT2D eigenvalue weighted by atomic mass is 10.2. The van der Waals surface area contributed by atoms with Crippen molar-refractivity contribution in [2.24, 2.45) is 0 Å². The van der Waals surface area contributed by atoms with Crippen LogP contribution in [0.4, 0.5) is 25.4 Å². The van der Waals surface area contributed by atoms with Crippen LogP contribution >= 0.6 is 0 Å². The predicted molar refractivity (Wildman–Crippen MR) is 167 cm³/mol. The maximum Gasteiger partial charge on any atom is 0.421 e. The van der Waals surface area contributed by atoms with Crippen LogP contribution in [0.1, 0.15) is 26.8 Å². The lowest BCUT2D eigenvalue weighted by Gasteiger charge is -2.16. The number of halogens is 1. The van der Waals surface area contributed by atoms with Gasteiger partial charge in [0.25, 0.3) is 20.0 Å². The van der Waals surface area contributed by atoms with Crippen molar-refractivity contribution < 1.29 is 45.1 Å². The van der Waals surface area contributed by atoms with E-state index in [2.05, 4.69) is 14.8 Å². The van der Waals surface area contributed by atoms with Gasteiger partial charge in [0.1, 0.15) is 11.9 Å². The number of fused-ring (bicyclic) bond motifs is 1. The molecule has 0 fully saturated rings. The summed E-state index contributed by atoms with van der Waals surface area (Å²) in [4.78, 5) is 34.7. The second-order valence-corrected chi connectivity index (χ2v) is 12.7. The van der Waals surface area contributed by atoms with E-state index in [4.69, 9.17) is 5.73 Å². The van der Waals surface area contributed by atoms with Crippen LogP contribution in [-0.2, 0) is 34.3 Å². The van der Waals surface area contributed by atoms with E-state index in [1.807, 2.05) is 0 Å². The third kappa shape index (κ3) is 9.18. The number of amides is 3. The highest BCUT2D eigenvalue weighted by molar-refractivity contribution is 7.90. The van der Waals surface area contributed by atoms with Gasteiger partial charge in [0.05, 0.1) is 28.5 Å². The van der Waals surface area contributed by atoms with Gasteiger partial charge < -0.3 is 25.1 Å². The monoisotopic (exact) mass is 677 g/mol. The lowest BCUT2D eigenvalue weighted by molar-refractivity contribution is -0.118. The molecular weight excluding hydrogens is 645 g/mol. The number of sulfonamides is 2. The smallest absolute Gasteiger partial charge is 0.421 e. The van der Waals surface area contributed by atoms with Crippen molar-refractivity contribution in [3.05, 3.63) is 84.8 Å². The summed E-state index contributed by atoms with van der Waals surface area (Å²) in [6.45, 7) is 4.94. The van der Waals surface area contributed by atoms with Crippen molar-refractivity contribution in [2.75, 3.05) is 24.3 Å². The van der Waals surface area contributed by atoms with Gasteiger partial charge in [-0.05, 0) is 87.5 Å². The summed E-state index contributed by atoms with van der Waals surface area (Å²) in [6, 6.07) is 16.4. The maximum absolute atomic E-state index is 13.9. The summed E-state index contributed by atoms with van der Waals surface area (Å²) in [5.74, 6) is -0.732. The average molecular weight is 678 g/mol. The summed E-state index contributed by atoms with van der Waals surface area (Å²) in [5.41, 5.74) is 6.80. The van der Waals surface area contributed by atoms with Crippen molar-refractivity contribution in [3.8, 4) is 0 Å². The molecule has 0 radical (unpaired) electrons. The van der Waals surface area contributed by atoms with Crippen LogP contribution in [0.25, 0.3) is 10.9 Å². The van der Waals surface area contributed by atoms with E-state index < -0.39 is 38.3 Å². The van der Waals surface area contributed by atoms with Gasteiger partial charge in [-0.1, -0.05) is 6.07 Å². The fraction of sp³-hybridized carbons (Fsp3) is 0.207. The SMILES string of the molecule is CCOC(=O)NS(=O)(=O)c1ccc(N)cc1.CCOC(=O)NS(=O)(=O)c1ccc(NC(=O)[C@@H](C)n2ccc3c(F)cccc32)cc1. The second-order valence-electron chi connectivity index (χ2n) is 9.31. The number of anilines is 2. The Bertz CT molecular complexity index is 1910. The summed E-state index contributed by atoms with van der Waals surface area (Å²) >= 11 is 0. The summed E-state index contributed by atoms with van der Waals surface area (Å²) < 4.78 is 75.5. The Morgan fingerprint density at radius 1 is 0.804 bits per heavy atom. The number of carbonyl (C=O) groups is 3. The van der Waals surface area contributed by atoms with Crippen LogP contribution in [0.5, 0.6) is 0 Å².